The highest BCUT2D eigenvalue weighted by Crippen LogP contribution is 2.46. The standard InChI is InChI=1S/C19H14Cl2FNO3/c20-12-5-6-13(21)17-16(12)19(26,18(25)23-17)8-15(24)11-4-3-10(7-14(11)22)9-1-2-9/h3-7,9,26H,1-2,8H2,(H,23,25)/t19-/m1/s1. The van der Waals surface area contributed by atoms with Gasteiger partial charge in [-0.1, -0.05) is 29.3 Å². The number of aliphatic hydroxyl groups is 1. The number of hydrogen-bond donors (Lipinski definition) is 2. The molecule has 4 rings (SSSR count). The molecule has 2 aromatic carbocycles. The summed E-state index contributed by atoms with van der Waals surface area (Å²) in [6.07, 6.45) is 1.40. The minimum atomic E-state index is -2.20. The number of halogens is 3. The van der Waals surface area contributed by atoms with Crippen molar-refractivity contribution in [3.8, 4) is 0 Å². The third-order valence-electron chi connectivity index (χ3n) is 4.89. The number of Topliss-reactive ketones (excluding diaryl/α,β-unsaturated/α-hetero) is 1. The highest BCUT2D eigenvalue weighted by atomic mass is 35.5. The monoisotopic (exact) mass is 393 g/mol. The molecule has 0 radical (unpaired) electrons. The SMILES string of the molecule is O=C(C[C@]1(O)C(=O)Nc2c(Cl)ccc(Cl)c21)c1ccc(C2CC2)cc1F. The van der Waals surface area contributed by atoms with E-state index in [9.17, 15) is 19.1 Å². The summed E-state index contributed by atoms with van der Waals surface area (Å²) in [5, 5.41) is 13.6. The van der Waals surface area contributed by atoms with E-state index in [0.717, 1.165) is 18.4 Å². The lowest BCUT2D eigenvalue weighted by molar-refractivity contribution is -0.133. The van der Waals surface area contributed by atoms with Crippen LogP contribution in [-0.2, 0) is 10.4 Å². The Hall–Kier alpha value is -1.95. The molecule has 1 aliphatic heterocycles. The van der Waals surface area contributed by atoms with Crippen molar-refractivity contribution in [3.05, 3.63) is 62.9 Å². The Morgan fingerprint density at radius 1 is 1.23 bits per heavy atom. The van der Waals surface area contributed by atoms with Crippen LogP contribution < -0.4 is 5.32 Å². The molecule has 7 heteroatoms. The Morgan fingerprint density at radius 3 is 2.58 bits per heavy atom. The zero-order chi connectivity index (χ0) is 18.6. The summed E-state index contributed by atoms with van der Waals surface area (Å²) in [5.41, 5.74) is -1.29. The fourth-order valence-electron chi connectivity index (χ4n) is 3.33. The highest BCUT2D eigenvalue weighted by molar-refractivity contribution is 6.38. The van der Waals surface area contributed by atoms with Gasteiger partial charge in [-0.05, 0) is 48.6 Å². The van der Waals surface area contributed by atoms with Crippen LogP contribution in [0.15, 0.2) is 30.3 Å². The van der Waals surface area contributed by atoms with Crippen molar-refractivity contribution < 1.29 is 19.1 Å². The maximum atomic E-state index is 14.4. The number of hydrogen-bond acceptors (Lipinski definition) is 3. The van der Waals surface area contributed by atoms with E-state index < -0.39 is 29.5 Å². The first kappa shape index (κ1) is 17.5. The van der Waals surface area contributed by atoms with Crippen LogP contribution in [0.25, 0.3) is 0 Å². The summed E-state index contributed by atoms with van der Waals surface area (Å²) in [7, 11) is 0. The minimum absolute atomic E-state index is 0.0417. The van der Waals surface area contributed by atoms with Crippen LogP contribution in [0.1, 0.15) is 46.7 Å². The van der Waals surface area contributed by atoms with E-state index in [1.807, 2.05) is 0 Å². The average Bonchev–Trinajstić information content (AvgIpc) is 3.39. The third-order valence-corrected chi connectivity index (χ3v) is 5.52. The van der Waals surface area contributed by atoms with Gasteiger partial charge in [-0.15, -0.1) is 0 Å². The Labute approximate surface area is 158 Å². The number of anilines is 1. The molecule has 0 bridgehead atoms. The number of nitrogens with one attached hydrogen (secondary N) is 1. The van der Waals surface area contributed by atoms with Crippen molar-refractivity contribution in [1.29, 1.82) is 0 Å². The fourth-order valence-corrected chi connectivity index (χ4v) is 3.85. The first-order valence-electron chi connectivity index (χ1n) is 8.16. The van der Waals surface area contributed by atoms with Gasteiger partial charge in [-0.2, -0.15) is 0 Å². The number of carbonyl (C=O) groups excluding carboxylic acids is 2. The maximum absolute atomic E-state index is 14.4. The van der Waals surface area contributed by atoms with Gasteiger partial charge in [0.2, 0.25) is 0 Å². The topological polar surface area (TPSA) is 66.4 Å². The molecule has 1 saturated carbocycles. The second-order valence-electron chi connectivity index (χ2n) is 6.71. The van der Waals surface area contributed by atoms with Crippen molar-refractivity contribution >= 4 is 40.6 Å². The molecule has 2 N–H and O–H groups in total. The molecule has 1 heterocycles. The van der Waals surface area contributed by atoms with Crippen molar-refractivity contribution in [2.24, 2.45) is 0 Å². The molecular weight excluding hydrogens is 380 g/mol. The first-order valence-corrected chi connectivity index (χ1v) is 8.92. The molecule has 0 saturated heterocycles. The molecule has 2 aromatic rings. The maximum Gasteiger partial charge on any atom is 0.261 e. The number of fused-ring (bicyclic) bond motifs is 1. The van der Waals surface area contributed by atoms with Gasteiger partial charge in [-0.3, -0.25) is 9.59 Å². The summed E-state index contributed by atoms with van der Waals surface area (Å²) >= 11 is 12.2. The molecule has 0 aromatic heterocycles. The number of rotatable bonds is 4. The van der Waals surface area contributed by atoms with Gasteiger partial charge < -0.3 is 10.4 Å². The lowest BCUT2D eigenvalue weighted by atomic mass is 9.87. The number of benzene rings is 2. The molecule has 0 spiro atoms. The van der Waals surface area contributed by atoms with Crippen LogP contribution in [0.2, 0.25) is 10.0 Å². The largest absolute Gasteiger partial charge is 0.375 e. The van der Waals surface area contributed by atoms with Crippen LogP contribution in [-0.4, -0.2) is 16.8 Å². The molecule has 4 nitrogen and oxygen atoms in total. The molecule has 1 amide bonds. The van der Waals surface area contributed by atoms with Crippen LogP contribution in [0.3, 0.4) is 0 Å². The minimum Gasteiger partial charge on any atom is -0.375 e. The second-order valence-corrected chi connectivity index (χ2v) is 7.52. The summed E-state index contributed by atoms with van der Waals surface area (Å²) in [6.45, 7) is 0. The Balaban J connectivity index is 1.68. The van der Waals surface area contributed by atoms with Crippen molar-refractivity contribution in [3.63, 3.8) is 0 Å². The van der Waals surface area contributed by atoms with E-state index in [0.29, 0.717) is 5.92 Å². The van der Waals surface area contributed by atoms with Gasteiger partial charge in [0, 0.05) is 10.6 Å². The first-order chi connectivity index (χ1) is 12.3. The van der Waals surface area contributed by atoms with E-state index >= 15 is 0 Å². The Kier molecular flexibility index (Phi) is 4.06. The van der Waals surface area contributed by atoms with E-state index in [1.54, 1.807) is 6.07 Å². The van der Waals surface area contributed by atoms with Crippen LogP contribution in [0.5, 0.6) is 0 Å². The Morgan fingerprint density at radius 2 is 1.92 bits per heavy atom. The third kappa shape index (κ3) is 2.71. The molecule has 1 fully saturated rings. The fraction of sp³-hybridized carbons (Fsp3) is 0.263. The van der Waals surface area contributed by atoms with Gasteiger partial charge in [0.15, 0.2) is 11.4 Å². The van der Waals surface area contributed by atoms with Gasteiger partial charge in [-0.25, -0.2) is 4.39 Å². The second kappa shape index (κ2) is 6.05. The number of carbonyl (C=O) groups is 2. The van der Waals surface area contributed by atoms with Crippen molar-refractivity contribution in [2.75, 3.05) is 5.32 Å². The molecule has 26 heavy (non-hydrogen) atoms. The van der Waals surface area contributed by atoms with Crippen LogP contribution in [0, 0.1) is 5.82 Å². The highest BCUT2D eigenvalue weighted by Gasteiger charge is 2.49. The summed E-state index contributed by atoms with van der Waals surface area (Å²) in [4.78, 5) is 25.0. The number of ketones is 1. The van der Waals surface area contributed by atoms with Gasteiger partial charge in [0.25, 0.3) is 5.91 Å². The van der Waals surface area contributed by atoms with Crippen molar-refractivity contribution in [2.45, 2.75) is 30.8 Å². The van der Waals surface area contributed by atoms with E-state index in [4.69, 9.17) is 23.2 Å². The normalized spacial score (nSPS) is 21.5. The molecule has 2 aliphatic rings. The summed E-state index contributed by atoms with van der Waals surface area (Å²) in [6, 6.07) is 7.38. The predicted octanol–water partition coefficient (Wildman–Crippen LogP) is 4.42. The van der Waals surface area contributed by atoms with E-state index in [2.05, 4.69) is 5.32 Å². The summed E-state index contributed by atoms with van der Waals surface area (Å²) in [5.74, 6) is -1.80. The Bertz CT molecular complexity index is 958. The smallest absolute Gasteiger partial charge is 0.261 e. The zero-order valence-electron chi connectivity index (χ0n) is 13.5. The predicted molar refractivity (Wildman–Crippen MR) is 96.3 cm³/mol. The van der Waals surface area contributed by atoms with Gasteiger partial charge in [0.1, 0.15) is 5.82 Å². The average molecular weight is 394 g/mol. The van der Waals surface area contributed by atoms with Gasteiger partial charge in [0.05, 0.1) is 22.7 Å². The van der Waals surface area contributed by atoms with Crippen LogP contribution in [0.4, 0.5) is 10.1 Å². The number of amides is 1. The molecule has 1 atom stereocenters. The lowest BCUT2D eigenvalue weighted by Gasteiger charge is -2.21. The van der Waals surface area contributed by atoms with Gasteiger partial charge >= 0.3 is 0 Å². The van der Waals surface area contributed by atoms with Crippen molar-refractivity contribution in [1.82, 2.24) is 0 Å². The van der Waals surface area contributed by atoms with E-state index in [1.165, 1.54) is 24.3 Å². The van der Waals surface area contributed by atoms with E-state index in [-0.39, 0.29) is 26.9 Å². The molecule has 134 valence electrons. The summed E-state index contributed by atoms with van der Waals surface area (Å²) < 4.78 is 14.4. The molecule has 0 unspecified atom stereocenters. The molecule has 1 aliphatic carbocycles. The molecular formula is C19H14Cl2FNO3. The zero-order valence-corrected chi connectivity index (χ0v) is 15.0. The quantitative estimate of drug-likeness (QED) is 0.755. The van der Waals surface area contributed by atoms with Crippen LogP contribution >= 0.6 is 23.2 Å². The lowest BCUT2D eigenvalue weighted by Crippen LogP contribution is -2.36.